The second-order valence-electron chi connectivity index (χ2n) is 4.45. The first-order valence-corrected chi connectivity index (χ1v) is 5.92. The second-order valence-corrected chi connectivity index (χ2v) is 4.45. The minimum atomic E-state index is 0.213. The summed E-state index contributed by atoms with van der Waals surface area (Å²) in [4.78, 5) is 0. The molecule has 0 bridgehead atoms. The fourth-order valence-corrected chi connectivity index (χ4v) is 1.01. The Kier molecular flexibility index (Phi) is 9.46. The molecule has 0 aliphatic heterocycles. The van der Waals surface area contributed by atoms with E-state index in [-0.39, 0.29) is 5.41 Å². The molecule has 0 aliphatic carbocycles. The van der Waals surface area contributed by atoms with Crippen LogP contribution < -0.4 is 0 Å². The Morgan fingerprint density at radius 2 is 1.67 bits per heavy atom. The van der Waals surface area contributed by atoms with Crippen LogP contribution in [0, 0.1) is 5.41 Å². The summed E-state index contributed by atoms with van der Waals surface area (Å²) in [5, 5.41) is 0. The van der Waals surface area contributed by atoms with Crippen LogP contribution in [0.2, 0.25) is 0 Å². The van der Waals surface area contributed by atoms with E-state index in [0.29, 0.717) is 0 Å². The first-order chi connectivity index (χ1) is 6.91. The Morgan fingerprint density at radius 1 is 1.20 bits per heavy atom. The maximum Gasteiger partial charge on any atom is -0.0132 e. The van der Waals surface area contributed by atoms with Gasteiger partial charge in [0.1, 0.15) is 0 Å². The minimum Gasteiger partial charge on any atom is -0.0991 e. The zero-order chi connectivity index (χ0) is 12.5. The van der Waals surface area contributed by atoms with Crippen molar-refractivity contribution >= 4 is 0 Å². The maximum absolute atomic E-state index is 3.74. The Bertz CT molecular complexity index is 221. The van der Waals surface area contributed by atoms with Crippen molar-refractivity contribution in [2.24, 2.45) is 5.41 Å². The molecule has 15 heavy (non-hydrogen) atoms. The summed E-state index contributed by atoms with van der Waals surface area (Å²) >= 11 is 0. The molecule has 0 rings (SSSR count). The van der Waals surface area contributed by atoms with E-state index in [1.54, 1.807) is 0 Å². The van der Waals surface area contributed by atoms with Crippen LogP contribution in [0.4, 0.5) is 0 Å². The molecule has 0 aromatic rings. The highest BCUT2D eigenvalue weighted by atomic mass is 14.2. The van der Waals surface area contributed by atoms with Gasteiger partial charge in [-0.15, -0.1) is 0 Å². The van der Waals surface area contributed by atoms with E-state index in [1.807, 2.05) is 19.9 Å². The van der Waals surface area contributed by atoms with Crippen LogP contribution in [0.1, 0.15) is 54.9 Å². The zero-order valence-corrected chi connectivity index (χ0v) is 11.6. The van der Waals surface area contributed by atoms with Gasteiger partial charge >= 0.3 is 0 Å². The first kappa shape index (κ1) is 16.6. The van der Waals surface area contributed by atoms with Crippen molar-refractivity contribution in [3.63, 3.8) is 0 Å². The van der Waals surface area contributed by atoms with Gasteiger partial charge in [0, 0.05) is 0 Å². The highest BCUT2D eigenvalue weighted by Crippen LogP contribution is 2.27. The van der Waals surface area contributed by atoms with Gasteiger partial charge in [-0.3, -0.25) is 0 Å². The summed E-state index contributed by atoms with van der Waals surface area (Å²) in [6, 6.07) is 0. The Labute approximate surface area is 96.8 Å². The summed E-state index contributed by atoms with van der Waals surface area (Å²) < 4.78 is 0. The largest absolute Gasteiger partial charge is 0.0991 e. The van der Waals surface area contributed by atoms with Gasteiger partial charge in [0.2, 0.25) is 0 Å². The molecule has 0 spiro atoms. The predicted octanol–water partition coefficient (Wildman–Crippen LogP) is 5.53. The number of hydrogen-bond donors (Lipinski definition) is 0. The molecule has 0 unspecified atom stereocenters. The van der Waals surface area contributed by atoms with E-state index in [1.165, 1.54) is 11.1 Å². The number of hydrogen-bond acceptors (Lipinski definition) is 0. The summed E-state index contributed by atoms with van der Waals surface area (Å²) in [5.74, 6) is 0. The molecule has 0 amide bonds. The third-order valence-corrected chi connectivity index (χ3v) is 2.12. The second kappa shape index (κ2) is 8.52. The molecule has 0 aliphatic rings. The molecular weight excluding hydrogens is 180 g/mol. The third-order valence-electron chi connectivity index (χ3n) is 2.12. The minimum absolute atomic E-state index is 0.213. The van der Waals surface area contributed by atoms with Crippen molar-refractivity contribution < 1.29 is 0 Å². The molecule has 0 atom stereocenters. The van der Waals surface area contributed by atoms with Gasteiger partial charge in [-0.2, -0.15) is 0 Å². The summed E-state index contributed by atoms with van der Waals surface area (Å²) in [7, 11) is 0. The fourth-order valence-electron chi connectivity index (χ4n) is 1.01. The van der Waals surface area contributed by atoms with E-state index >= 15 is 0 Å². The van der Waals surface area contributed by atoms with Gasteiger partial charge in [-0.1, -0.05) is 71.9 Å². The van der Waals surface area contributed by atoms with E-state index in [9.17, 15) is 0 Å². The monoisotopic (exact) mass is 208 g/mol. The number of allylic oxidation sites excluding steroid dienone is 5. The van der Waals surface area contributed by atoms with Gasteiger partial charge in [0.15, 0.2) is 0 Å². The Balaban J connectivity index is 0. The van der Waals surface area contributed by atoms with Crippen LogP contribution >= 0.6 is 0 Å². The summed E-state index contributed by atoms with van der Waals surface area (Å²) in [6.45, 7) is 18.8. The van der Waals surface area contributed by atoms with Crippen molar-refractivity contribution in [3.05, 3.63) is 36.0 Å². The van der Waals surface area contributed by atoms with Crippen LogP contribution in [-0.2, 0) is 0 Å². The number of rotatable bonds is 3. The van der Waals surface area contributed by atoms with E-state index in [4.69, 9.17) is 0 Å². The van der Waals surface area contributed by atoms with Gasteiger partial charge in [-0.05, 0) is 24.3 Å². The van der Waals surface area contributed by atoms with Gasteiger partial charge in [0.05, 0.1) is 0 Å². The molecular formula is C15H28. The third kappa shape index (κ3) is 8.23. The van der Waals surface area contributed by atoms with Crippen molar-refractivity contribution in [2.75, 3.05) is 0 Å². The van der Waals surface area contributed by atoms with Crippen molar-refractivity contribution in [1.29, 1.82) is 0 Å². The van der Waals surface area contributed by atoms with Crippen molar-refractivity contribution in [1.82, 2.24) is 0 Å². The lowest BCUT2D eigenvalue weighted by Crippen LogP contribution is -2.07. The smallest absolute Gasteiger partial charge is 0.0132 e. The predicted molar refractivity (Wildman–Crippen MR) is 73.1 cm³/mol. The molecule has 0 saturated carbocycles. The molecule has 88 valence electrons. The van der Waals surface area contributed by atoms with E-state index < -0.39 is 0 Å². The topological polar surface area (TPSA) is 0 Å². The molecule has 0 heteroatoms. The lowest BCUT2D eigenvalue weighted by Gasteiger charge is -2.20. The summed E-state index contributed by atoms with van der Waals surface area (Å²) in [6.07, 6.45) is 7.34. The Morgan fingerprint density at radius 3 is 1.93 bits per heavy atom. The van der Waals surface area contributed by atoms with Crippen LogP contribution in [0.3, 0.4) is 0 Å². The zero-order valence-electron chi connectivity index (χ0n) is 11.6. The van der Waals surface area contributed by atoms with Crippen LogP contribution in [0.5, 0.6) is 0 Å². The normalized spacial score (nSPS) is 13.0. The SMILES string of the molecule is C=C/C=C(\C=C(/C)CC)C(C)(C)C.CC. The molecule has 0 N–H and O–H groups in total. The van der Waals surface area contributed by atoms with E-state index in [0.717, 1.165) is 6.42 Å². The lowest BCUT2D eigenvalue weighted by molar-refractivity contribution is 0.516. The molecule has 0 aromatic heterocycles. The van der Waals surface area contributed by atoms with Crippen LogP contribution in [0.25, 0.3) is 0 Å². The van der Waals surface area contributed by atoms with Crippen LogP contribution in [-0.4, -0.2) is 0 Å². The maximum atomic E-state index is 3.74. The van der Waals surface area contributed by atoms with Crippen molar-refractivity contribution in [3.8, 4) is 0 Å². The highest BCUT2D eigenvalue weighted by Gasteiger charge is 2.13. The molecule has 0 aromatic carbocycles. The Hall–Kier alpha value is -0.780. The first-order valence-electron chi connectivity index (χ1n) is 5.92. The quantitative estimate of drug-likeness (QED) is 0.535. The van der Waals surface area contributed by atoms with Gasteiger partial charge in [0.25, 0.3) is 0 Å². The average Bonchev–Trinajstić information content (AvgIpc) is 2.18. The fraction of sp³-hybridized carbons (Fsp3) is 0.600. The summed E-state index contributed by atoms with van der Waals surface area (Å²) in [5.41, 5.74) is 2.98. The van der Waals surface area contributed by atoms with Gasteiger partial charge in [-0.25, -0.2) is 0 Å². The molecule has 0 radical (unpaired) electrons. The van der Waals surface area contributed by atoms with E-state index in [2.05, 4.69) is 53.3 Å². The van der Waals surface area contributed by atoms with Crippen LogP contribution in [0.15, 0.2) is 36.0 Å². The standard InChI is InChI=1S/C13H22.C2H6/c1-7-9-12(13(4,5)6)10-11(3)8-2;1-2/h7,9-10H,1,8H2,2-6H3;1-2H3/b11-10+,12-9+;. The molecule has 0 heterocycles. The lowest BCUT2D eigenvalue weighted by atomic mass is 9.85. The average molecular weight is 208 g/mol. The molecule has 0 nitrogen and oxygen atoms in total. The molecule has 0 fully saturated rings. The van der Waals surface area contributed by atoms with Gasteiger partial charge < -0.3 is 0 Å². The van der Waals surface area contributed by atoms with Crippen molar-refractivity contribution in [2.45, 2.75) is 54.9 Å². The highest BCUT2D eigenvalue weighted by molar-refractivity contribution is 5.30. The molecule has 0 saturated heterocycles.